The van der Waals surface area contributed by atoms with Crippen LogP contribution < -0.4 is 5.32 Å². The van der Waals surface area contributed by atoms with Crippen LogP contribution in [0.3, 0.4) is 0 Å². The molecule has 6 heteroatoms. The maximum atomic E-state index is 12.6. The van der Waals surface area contributed by atoms with E-state index in [1.807, 2.05) is 48.6 Å². The standard InChI is InChI=1S/C30H33N3O2S/c1-2-3-19-33(22-24-10-5-4-6-11-24)20-9-18-31-29(34)25-16-14-23(15-17-25)21-28-30(35)32-26-12-7-8-13-27(26)36-28/h4-8,10-17,21,27H,2-3,9,18-20,22H2,1H3,(H,31,34)/b28-21+. The minimum atomic E-state index is -0.215. The van der Waals surface area contributed by atoms with Crippen LogP contribution in [0.5, 0.6) is 0 Å². The number of rotatable bonds is 11. The number of hydrogen-bond donors (Lipinski definition) is 1. The van der Waals surface area contributed by atoms with E-state index in [1.54, 1.807) is 12.1 Å². The highest BCUT2D eigenvalue weighted by molar-refractivity contribution is 8.05. The van der Waals surface area contributed by atoms with Gasteiger partial charge in [-0.05, 0) is 54.8 Å². The van der Waals surface area contributed by atoms with Crippen molar-refractivity contribution < 1.29 is 9.59 Å². The Labute approximate surface area is 218 Å². The molecule has 1 aliphatic carbocycles. The highest BCUT2D eigenvalue weighted by atomic mass is 32.2. The summed E-state index contributed by atoms with van der Waals surface area (Å²) in [5.74, 6) is -0.290. The highest BCUT2D eigenvalue weighted by Gasteiger charge is 2.25. The average molecular weight is 500 g/mol. The number of unbranched alkanes of at least 4 members (excludes halogenated alkanes) is 1. The summed E-state index contributed by atoms with van der Waals surface area (Å²) in [6.07, 6.45) is 12.9. The summed E-state index contributed by atoms with van der Waals surface area (Å²) in [6.45, 7) is 5.80. The van der Waals surface area contributed by atoms with Crippen LogP contribution in [-0.2, 0) is 11.3 Å². The molecule has 0 spiro atoms. The number of carbonyl (C=O) groups is 2. The molecule has 2 aromatic rings. The fourth-order valence-electron chi connectivity index (χ4n) is 4.15. The molecule has 1 unspecified atom stereocenters. The van der Waals surface area contributed by atoms with E-state index in [0.717, 1.165) is 37.3 Å². The van der Waals surface area contributed by atoms with Gasteiger partial charge >= 0.3 is 0 Å². The lowest BCUT2D eigenvalue weighted by Crippen LogP contribution is -2.30. The zero-order valence-corrected chi connectivity index (χ0v) is 21.5. The van der Waals surface area contributed by atoms with Crippen molar-refractivity contribution in [2.45, 2.75) is 38.0 Å². The van der Waals surface area contributed by atoms with Gasteiger partial charge in [0.05, 0.1) is 15.9 Å². The number of thioether (sulfide) groups is 1. The Morgan fingerprint density at radius 3 is 2.61 bits per heavy atom. The van der Waals surface area contributed by atoms with Crippen molar-refractivity contribution in [2.75, 3.05) is 19.6 Å². The first-order chi connectivity index (χ1) is 17.6. The van der Waals surface area contributed by atoms with Gasteiger partial charge in [-0.25, -0.2) is 4.99 Å². The Hall–Kier alpha value is -3.22. The lowest BCUT2D eigenvalue weighted by Gasteiger charge is -2.22. The second kappa shape index (κ2) is 13.2. The van der Waals surface area contributed by atoms with Crippen molar-refractivity contribution in [3.63, 3.8) is 0 Å². The van der Waals surface area contributed by atoms with E-state index in [0.29, 0.717) is 17.0 Å². The third-order valence-electron chi connectivity index (χ3n) is 6.14. The summed E-state index contributed by atoms with van der Waals surface area (Å²) >= 11 is 1.51. The predicted molar refractivity (Wildman–Crippen MR) is 150 cm³/mol. The number of carbonyl (C=O) groups excluding carboxylic acids is 2. The smallest absolute Gasteiger partial charge is 0.283 e. The highest BCUT2D eigenvalue weighted by Crippen LogP contribution is 2.32. The average Bonchev–Trinajstić information content (AvgIpc) is 2.91. The van der Waals surface area contributed by atoms with E-state index in [1.165, 1.54) is 30.2 Å². The van der Waals surface area contributed by atoms with Gasteiger partial charge in [0.1, 0.15) is 0 Å². The molecule has 2 amide bonds. The summed E-state index contributed by atoms with van der Waals surface area (Å²) in [5, 5.41) is 3.12. The lowest BCUT2D eigenvalue weighted by molar-refractivity contribution is -0.113. The van der Waals surface area contributed by atoms with Crippen LogP contribution in [0.15, 0.2) is 88.8 Å². The molecule has 5 nitrogen and oxygen atoms in total. The number of allylic oxidation sites excluding steroid dienone is 3. The number of aliphatic imine (C=N–C) groups is 1. The minimum absolute atomic E-state index is 0.0751. The van der Waals surface area contributed by atoms with Crippen LogP contribution in [-0.4, -0.2) is 47.3 Å². The van der Waals surface area contributed by atoms with Crippen molar-refractivity contribution in [1.82, 2.24) is 10.2 Å². The topological polar surface area (TPSA) is 61.8 Å². The van der Waals surface area contributed by atoms with Crippen molar-refractivity contribution in [1.29, 1.82) is 0 Å². The van der Waals surface area contributed by atoms with E-state index < -0.39 is 0 Å². The van der Waals surface area contributed by atoms with Gasteiger partial charge in [-0.2, -0.15) is 0 Å². The van der Waals surface area contributed by atoms with Gasteiger partial charge in [0.15, 0.2) is 0 Å². The van der Waals surface area contributed by atoms with Crippen molar-refractivity contribution >= 4 is 35.4 Å². The van der Waals surface area contributed by atoms with Crippen molar-refractivity contribution in [3.05, 3.63) is 100 Å². The van der Waals surface area contributed by atoms with E-state index in [4.69, 9.17) is 0 Å². The molecular formula is C30H33N3O2S. The third-order valence-corrected chi connectivity index (χ3v) is 7.33. The molecule has 2 aromatic carbocycles. The van der Waals surface area contributed by atoms with E-state index in [2.05, 4.69) is 46.4 Å². The molecule has 1 aliphatic heterocycles. The third kappa shape index (κ3) is 7.39. The molecule has 0 aromatic heterocycles. The SMILES string of the molecule is CCCCN(CCCNC(=O)c1ccc(/C=C2/SC3C=CC=CC3=NC2=O)cc1)Cc1ccccc1. The minimum Gasteiger partial charge on any atom is -0.352 e. The Kier molecular flexibility index (Phi) is 9.47. The van der Waals surface area contributed by atoms with Crippen molar-refractivity contribution in [3.8, 4) is 0 Å². The van der Waals surface area contributed by atoms with Gasteiger partial charge in [-0.1, -0.05) is 74.0 Å². The summed E-state index contributed by atoms with van der Waals surface area (Å²) in [6, 6.07) is 17.9. The lowest BCUT2D eigenvalue weighted by atomic mass is 10.1. The summed E-state index contributed by atoms with van der Waals surface area (Å²) in [5.41, 5.74) is 3.61. The number of nitrogens with zero attached hydrogens (tertiary/aromatic N) is 2. The van der Waals surface area contributed by atoms with Gasteiger partial charge in [0.2, 0.25) is 0 Å². The fourth-order valence-corrected chi connectivity index (χ4v) is 5.20. The normalized spacial score (nSPS) is 17.8. The number of fused-ring (bicyclic) bond motifs is 1. The van der Waals surface area contributed by atoms with Crippen LogP contribution in [0.2, 0.25) is 0 Å². The first kappa shape index (κ1) is 25.9. The van der Waals surface area contributed by atoms with Gasteiger partial charge in [-0.3, -0.25) is 14.5 Å². The van der Waals surface area contributed by atoms with Gasteiger partial charge in [0, 0.05) is 25.2 Å². The maximum Gasteiger partial charge on any atom is 0.283 e. The Bertz CT molecular complexity index is 1170. The summed E-state index contributed by atoms with van der Waals surface area (Å²) in [4.78, 5) is 32.3. The number of benzene rings is 2. The molecule has 1 atom stereocenters. The maximum absolute atomic E-state index is 12.6. The molecule has 0 saturated carbocycles. The molecule has 0 saturated heterocycles. The number of nitrogens with one attached hydrogen (secondary N) is 1. The van der Waals surface area contributed by atoms with Gasteiger partial charge < -0.3 is 5.32 Å². The molecule has 4 rings (SSSR count). The van der Waals surface area contributed by atoms with Crippen LogP contribution in [0.25, 0.3) is 6.08 Å². The Morgan fingerprint density at radius 2 is 1.83 bits per heavy atom. The first-order valence-electron chi connectivity index (χ1n) is 12.6. The number of amides is 2. The Morgan fingerprint density at radius 1 is 1.06 bits per heavy atom. The van der Waals surface area contributed by atoms with Crippen LogP contribution in [0.4, 0.5) is 0 Å². The molecule has 1 N–H and O–H groups in total. The fraction of sp³-hybridized carbons (Fsp3) is 0.300. The van der Waals surface area contributed by atoms with Crippen LogP contribution in [0.1, 0.15) is 47.7 Å². The van der Waals surface area contributed by atoms with Crippen LogP contribution >= 0.6 is 11.8 Å². The largest absolute Gasteiger partial charge is 0.352 e. The molecular weight excluding hydrogens is 466 g/mol. The summed E-state index contributed by atoms with van der Waals surface area (Å²) < 4.78 is 0. The molecule has 36 heavy (non-hydrogen) atoms. The number of hydrogen-bond acceptors (Lipinski definition) is 4. The van der Waals surface area contributed by atoms with Gasteiger partial charge in [-0.15, -0.1) is 11.8 Å². The first-order valence-corrected chi connectivity index (χ1v) is 13.5. The molecule has 186 valence electrons. The predicted octanol–water partition coefficient (Wildman–Crippen LogP) is 5.66. The second-order valence-electron chi connectivity index (χ2n) is 8.98. The second-order valence-corrected chi connectivity index (χ2v) is 10.2. The monoisotopic (exact) mass is 499 g/mol. The molecule has 2 aliphatic rings. The van der Waals surface area contributed by atoms with Gasteiger partial charge in [0.25, 0.3) is 11.8 Å². The summed E-state index contributed by atoms with van der Waals surface area (Å²) in [7, 11) is 0. The van der Waals surface area contributed by atoms with Crippen LogP contribution in [0, 0.1) is 0 Å². The zero-order chi connectivity index (χ0) is 25.2. The molecule has 0 bridgehead atoms. The quantitative estimate of drug-likeness (QED) is 0.320. The zero-order valence-electron chi connectivity index (χ0n) is 20.7. The molecule has 0 radical (unpaired) electrons. The van der Waals surface area contributed by atoms with E-state index in [9.17, 15) is 9.59 Å². The molecule has 0 fully saturated rings. The molecule has 1 heterocycles. The Balaban J connectivity index is 1.26. The van der Waals surface area contributed by atoms with Crippen molar-refractivity contribution in [2.24, 2.45) is 4.99 Å². The van der Waals surface area contributed by atoms with E-state index in [-0.39, 0.29) is 17.1 Å². The van der Waals surface area contributed by atoms with E-state index >= 15 is 0 Å².